The van der Waals surface area contributed by atoms with Crippen molar-refractivity contribution in [2.45, 2.75) is 29.9 Å². The van der Waals surface area contributed by atoms with E-state index in [-0.39, 0.29) is 16.8 Å². The molecule has 0 spiro atoms. The highest BCUT2D eigenvalue weighted by Gasteiger charge is 2.40. The summed E-state index contributed by atoms with van der Waals surface area (Å²) in [7, 11) is -3.54. The van der Waals surface area contributed by atoms with Crippen molar-refractivity contribution in [3.8, 4) is 0 Å². The molecule has 1 aromatic carbocycles. The number of guanidine groups is 1. The number of sulfonamides is 1. The maximum atomic E-state index is 12.8. The summed E-state index contributed by atoms with van der Waals surface area (Å²) in [6.07, 6.45) is 2.79. The maximum absolute atomic E-state index is 12.8. The zero-order valence-corrected chi connectivity index (χ0v) is 17.2. The lowest BCUT2D eigenvalue weighted by Gasteiger charge is -2.27. The summed E-state index contributed by atoms with van der Waals surface area (Å²) in [6.45, 7) is 1.07. The third kappa shape index (κ3) is 3.67. The Bertz CT molecular complexity index is 1030. The number of rotatable bonds is 4. The van der Waals surface area contributed by atoms with Gasteiger partial charge in [0.15, 0.2) is 0 Å². The van der Waals surface area contributed by atoms with E-state index >= 15 is 0 Å². The van der Waals surface area contributed by atoms with E-state index in [9.17, 15) is 13.2 Å². The Morgan fingerprint density at radius 1 is 1.14 bits per heavy atom. The molecule has 1 fully saturated rings. The van der Waals surface area contributed by atoms with Crippen molar-refractivity contribution in [3.05, 3.63) is 52.2 Å². The van der Waals surface area contributed by atoms with Crippen LogP contribution < -0.4 is 16.9 Å². The molecule has 2 aliphatic heterocycles. The molecule has 0 aliphatic carbocycles. The topological polar surface area (TPSA) is 134 Å². The molecule has 2 aliphatic rings. The molecule has 0 saturated carbocycles. The normalized spacial score (nSPS) is 23.2. The molecule has 9 nitrogen and oxygen atoms in total. The summed E-state index contributed by atoms with van der Waals surface area (Å²) in [4.78, 5) is 17.5. The van der Waals surface area contributed by atoms with Crippen molar-refractivity contribution in [1.29, 1.82) is 0 Å². The fourth-order valence-corrected chi connectivity index (χ4v) is 5.58. The Kier molecular flexibility index (Phi) is 5.17. The lowest BCUT2D eigenvalue weighted by molar-refractivity contribution is 0.0757. The number of hydrogen-bond donors (Lipinski definition) is 3. The summed E-state index contributed by atoms with van der Waals surface area (Å²) in [5, 5.41) is 2.89. The molecule has 3 heterocycles. The van der Waals surface area contributed by atoms with Crippen molar-refractivity contribution in [1.82, 2.24) is 14.7 Å². The second-order valence-corrected chi connectivity index (χ2v) is 9.84. The van der Waals surface area contributed by atoms with Gasteiger partial charge in [-0.1, -0.05) is 24.6 Å². The standard InChI is InChI=1S/C18H22N6O3S2/c19-17-21-18(20,22-24(17)16(25)15-5-4-12-28-15)13-6-8-14(9-7-13)29(26,27)23-10-2-1-3-11-23/h4-9,12,22H,1-3,10-11,20H2,(H2,19,21). The largest absolute Gasteiger partial charge is 0.368 e. The number of benzene rings is 1. The Hall–Kier alpha value is -2.31. The number of carbonyl (C=O) groups is 1. The van der Waals surface area contributed by atoms with E-state index in [2.05, 4.69) is 10.4 Å². The lowest BCUT2D eigenvalue weighted by atomic mass is 10.1. The van der Waals surface area contributed by atoms with E-state index in [1.165, 1.54) is 27.8 Å². The van der Waals surface area contributed by atoms with Gasteiger partial charge in [-0.2, -0.15) is 9.73 Å². The van der Waals surface area contributed by atoms with Gasteiger partial charge in [0.25, 0.3) is 5.91 Å². The van der Waals surface area contributed by atoms with E-state index < -0.39 is 15.8 Å². The molecule has 29 heavy (non-hydrogen) atoms. The molecule has 1 amide bonds. The average Bonchev–Trinajstić information content (AvgIpc) is 3.37. The molecule has 0 bridgehead atoms. The van der Waals surface area contributed by atoms with E-state index in [4.69, 9.17) is 11.5 Å². The van der Waals surface area contributed by atoms with Gasteiger partial charge >= 0.3 is 0 Å². The quantitative estimate of drug-likeness (QED) is 0.656. The molecule has 11 heteroatoms. The molecule has 1 aromatic heterocycles. The first-order chi connectivity index (χ1) is 13.8. The zero-order valence-electron chi connectivity index (χ0n) is 15.6. The van der Waals surface area contributed by atoms with Crippen LogP contribution >= 0.6 is 11.3 Å². The highest BCUT2D eigenvalue weighted by atomic mass is 32.2. The number of thiophene rings is 1. The Balaban J connectivity index is 1.55. The van der Waals surface area contributed by atoms with Crippen LogP contribution in [0.3, 0.4) is 0 Å². The first kappa shape index (κ1) is 20.0. The summed E-state index contributed by atoms with van der Waals surface area (Å²) in [5.41, 5.74) is 15.5. The van der Waals surface area contributed by atoms with Gasteiger partial charge < -0.3 is 5.73 Å². The number of amides is 1. The summed E-state index contributed by atoms with van der Waals surface area (Å²) < 4.78 is 27.1. The monoisotopic (exact) mass is 434 g/mol. The van der Waals surface area contributed by atoms with E-state index in [0.29, 0.717) is 23.5 Å². The van der Waals surface area contributed by atoms with Gasteiger partial charge in [-0.15, -0.1) is 11.3 Å². The van der Waals surface area contributed by atoms with E-state index in [0.717, 1.165) is 24.3 Å². The predicted molar refractivity (Wildman–Crippen MR) is 110 cm³/mol. The molecule has 1 unspecified atom stereocenters. The Morgan fingerprint density at radius 3 is 2.45 bits per heavy atom. The van der Waals surface area contributed by atoms with Crippen LogP contribution in [0.25, 0.3) is 0 Å². The van der Waals surface area contributed by atoms with Gasteiger partial charge in [-0.05, 0) is 36.4 Å². The number of piperidine rings is 1. The summed E-state index contributed by atoms with van der Waals surface area (Å²) in [5.74, 6) is -1.89. The molecule has 0 radical (unpaired) electrons. The molecule has 1 saturated heterocycles. The van der Waals surface area contributed by atoms with Gasteiger partial charge in [-0.3, -0.25) is 10.5 Å². The fraction of sp³-hybridized carbons (Fsp3) is 0.333. The molecule has 2 aromatic rings. The molecule has 1 atom stereocenters. The third-order valence-electron chi connectivity index (χ3n) is 4.98. The zero-order chi connectivity index (χ0) is 20.6. The Labute approximate surface area is 173 Å². The van der Waals surface area contributed by atoms with Gasteiger partial charge in [-0.25, -0.2) is 18.4 Å². The molecule has 4 rings (SSSR count). The van der Waals surface area contributed by atoms with Crippen molar-refractivity contribution in [2.24, 2.45) is 16.5 Å². The molecular formula is C18H22N6O3S2. The van der Waals surface area contributed by atoms with Crippen LogP contribution in [0.2, 0.25) is 0 Å². The van der Waals surface area contributed by atoms with Crippen LogP contribution in [0.15, 0.2) is 51.7 Å². The van der Waals surface area contributed by atoms with Gasteiger partial charge in [0.1, 0.15) is 0 Å². The number of nitrogens with zero attached hydrogens (tertiary/aromatic N) is 3. The van der Waals surface area contributed by atoms with E-state index in [1.807, 2.05) is 0 Å². The van der Waals surface area contributed by atoms with Crippen molar-refractivity contribution >= 4 is 33.2 Å². The van der Waals surface area contributed by atoms with Crippen LogP contribution in [-0.4, -0.2) is 42.7 Å². The number of carbonyl (C=O) groups excluding carboxylic acids is 1. The fourth-order valence-electron chi connectivity index (χ4n) is 3.41. The minimum absolute atomic E-state index is 0.0593. The van der Waals surface area contributed by atoms with Crippen LogP contribution in [0, 0.1) is 0 Å². The predicted octanol–water partition coefficient (Wildman–Crippen LogP) is 0.967. The van der Waals surface area contributed by atoms with Gasteiger partial charge in [0, 0.05) is 18.7 Å². The van der Waals surface area contributed by atoms with E-state index in [1.54, 1.807) is 29.6 Å². The highest BCUT2D eigenvalue weighted by Crippen LogP contribution is 2.26. The SMILES string of the molecule is NC1=NC(N)(c2ccc(S(=O)(=O)N3CCCCC3)cc2)NN1C(=O)c1cccs1. The second-order valence-electron chi connectivity index (χ2n) is 6.96. The van der Waals surface area contributed by atoms with Crippen LogP contribution in [0.5, 0.6) is 0 Å². The van der Waals surface area contributed by atoms with Crippen molar-refractivity contribution in [3.63, 3.8) is 0 Å². The number of hydrogen-bond acceptors (Lipinski definition) is 8. The maximum Gasteiger partial charge on any atom is 0.285 e. The third-order valence-corrected chi connectivity index (χ3v) is 7.76. The molecule has 5 N–H and O–H groups in total. The van der Waals surface area contributed by atoms with Gasteiger partial charge in [0.2, 0.25) is 21.8 Å². The lowest BCUT2D eigenvalue weighted by Crippen LogP contribution is -2.54. The number of aliphatic imine (C=N–C) groups is 1. The van der Waals surface area contributed by atoms with Crippen LogP contribution in [-0.2, 0) is 15.8 Å². The number of nitrogens with two attached hydrogens (primary N) is 2. The Morgan fingerprint density at radius 2 is 1.83 bits per heavy atom. The summed E-state index contributed by atoms with van der Waals surface area (Å²) in [6, 6.07) is 9.62. The van der Waals surface area contributed by atoms with Gasteiger partial charge in [0.05, 0.1) is 9.77 Å². The van der Waals surface area contributed by atoms with Crippen molar-refractivity contribution in [2.75, 3.05) is 13.1 Å². The van der Waals surface area contributed by atoms with Crippen LogP contribution in [0.1, 0.15) is 34.5 Å². The summed E-state index contributed by atoms with van der Waals surface area (Å²) >= 11 is 1.28. The molecular weight excluding hydrogens is 412 g/mol. The first-order valence-corrected chi connectivity index (χ1v) is 11.5. The first-order valence-electron chi connectivity index (χ1n) is 9.22. The average molecular weight is 435 g/mol. The smallest absolute Gasteiger partial charge is 0.285 e. The molecule has 154 valence electrons. The van der Waals surface area contributed by atoms with Crippen molar-refractivity contribution < 1.29 is 13.2 Å². The number of nitrogens with one attached hydrogen (secondary N) is 1. The minimum Gasteiger partial charge on any atom is -0.368 e. The minimum atomic E-state index is -3.54. The number of hydrazine groups is 1. The second kappa shape index (κ2) is 7.50. The highest BCUT2D eigenvalue weighted by molar-refractivity contribution is 7.89. The van der Waals surface area contributed by atoms with Crippen LogP contribution in [0.4, 0.5) is 0 Å².